The van der Waals surface area contributed by atoms with Crippen LogP contribution in [0.4, 0.5) is 4.79 Å². The van der Waals surface area contributed by atoms with E-state index in [-0.39, 0.29) is 24.9 Å². The van der Waals surface area contributed by atoms with Crippen molar-refractivity contribution in [2.75, 3.05) is 19.6 Å². The highest BCUT2D eigenvalue weighted by Crippen LogP contribution is 2.39. The molecule has 0 aromatic heterocycles. The van der Waals surface area contributed by atoms with Gasteiger partial charge in [0.2, 0.25) is 5.91 Å². The lowest BCUT2D eigenvalue weighted by molar-refractivity contribution is -0.136. The Morgan fingerprint density at radius 2 is 1.91 bits per heavy atom. The van der Waals surface area contributed by atoms with E-state index in [2.05, 4.69) is 16.0 Å². The van der Waals surface area contributed by atoms with Crippen LogP contribution in [-0.2, 0) is 14.3 Å². The molecule has 2 aliphatic rings. The van der Waals surface area contributed by atoms with E-state index in [0.29, 0.717) is 11.5 Å². The van der Waals surface area contributed by atoms with E-state index in [1.54, 1.807) is 59.8 Å². The lowest BCUT2D eigenvalue weighted by Crippen LogP contribution is -2.56. The van der Waals surface area contributed by atoms with Crippen LogP contribution >= 0.6 is 11.6 Å². The second-order valence-electron chi connectivity index (χ2n) is 10.9. The van der Waals surface area contributed by atoms with Crippen molar-refractivity contribution in [1.29, 1.82) is 0 Å². The zero-order valence-electron chi connectivity index (χ0n) is 20.5. The molecule has 1 aliphatic carbocycles. The molecule has 1 fully saturated rings. The molecule has 0 spiro atoms. The number of ether oxygens (including phenoxy) is 1. The van der Waals surface area contributed by atoms with Gasteiger partial charge in [-0.25, -0.2) is 4.79 Å². The van der Waals surface area contributed by atoms with Crippen molar-refractivity contribution in [3.8, 4) is 0 Å². The van der Waals surface area contributed by atoms with E-state index in [4.69, 9.17) is 16.3 Å². The monoisotopic (exact) mass is 483 g/mol. The molecule has 2 rings (SSSR count). The largest absolute Gasteiger partial charge is 0.444 e. The first-order valence-electron chi connectivity index (χ1n) is 11.4. The maximum atomic E-state index is 13.8. The number of hydrogen-bond acceptors (Lipinski definition) is 6. The van der Waals surface area contributed by atoms with E-state index in [1.165, 1.54) is 0 Å². The topological polar surface area (TPSA) is 117 Å². The van der Waals surface area contributed by atoms with E-state index in [1.807, 2.05) is 0 Å². The molecule has 33 heavy (non-hydrogen) atoms. The van der Waals surface area contributed by atoms with E-state index < -0.39 is 40.5 Å². The Morgan fingerprint density at radius 1 is 1.24 bits per heavy atom. The molecule has 4 N–H and O–H groups in total. The summed E-state index contributed by atoms with van der Waals surface area (Å²) < 4.78 is 5.33. The van der Waals surface area contributed by atoms with Crippen LogP contribution in [-0.4, -0.2) is 60.3 Å². The quantitative estimate of drug-likeness (QED) is 0.442. The third kappa shape index (κ3) is 7.29. The smallest absolute Gasteiger partial charge is 0.407 e. The highest BCUT2D eigenvalue weighted by molar-refractivity contribution is 6.31. The van der Waals surface area contributed by atoms with Gasteiger partial charge in [-0.2, -0.15) is 0 Å². The Bertz CT molecular complexity index is 806. The number of ketones is 1. The van der Waals surface area contributed by atoms with E-state index in [9.17, 15) is 19.5 Å². The zero-order chi connectivity index (χ0) is 25.0. The number of aliphatic hydroxyl groups excluding tert-OH is 1. The molecule has 1 saturated heterocycles. The summed E-state index contributed by atoms with van der Waals surface area (Å²) in [6.07, 6.45) is 4.83. The highest BCUT2D eigenvalue weighted by Gasteiger charge is 2.48. The Balaban J connectivity index is 2.30. The van der Waals surface area contributed by atoms with Gasteiger partial charge >= 0.3 is 6.09 Å². The molecule has 0 aromatic rings. The molecule has 186 valence electrons. The normalized spacial score (nSPS) is 26.4. The van der Waals surface area contributed by atoms with Gasteiger partial charge in [0.05, 0.1) is 11.5 Å². The number of halogens is 1. The third-order valence-corrected chi connectivity index (χ3v) is 6.10. The number of carbonyl (C=O) groups is 3. The van der Waals surface area contributed by atoms with Crippen LogP contribution in [0.3, 0.4) is 0 Å². The van der Waals surface area contributed by atoms with Crippen LogP contribution in [0.1, 0.15) is 54.4 Å². The number of Topliss-reactive ketones (excluding diaryl/α,β-unsaturated/α-hetero) is 1. The molecule has 4 atom stereocenters. The Labute approximate surface area is 201 Å². The maximum absolute atomic E-state index is 13.8. The summed E-state index contributed by atoms with van der Waals surface area (Å²) in [5.74, 6) is -1.15. The minimum Gasteiger partial charge on any atom is -0.444 e. The minimum absolute atomic E-state index is 0.0583. The van der Waals surface area contributed by atoms with Crippen molar-refractivity contribution in [3.63, 3.8) is 0 Å². The predicted molar refractivity (Wildman–Crippen MR) is 128 cm³/mol. The summed E-state index contributed by atoms with van der Waals surface area (Å²) in [6.45, 7) is 11.4. The average molecular weight is 484 g/mol. The Hall–Kier alpha value is -1.90. The first-order chi connectivity index (χ1) is 15.2. The van der Waals surface area contributed by atoms with Gasteiger partial charge in [0.25, 0.3) is 0 Å². The molecule has 0 aromatic carbocycles. The second kappa shape index (κ2) is 10.6. The number of rotatable bonds is 7. The fraction of sp³-hybridized carbons (Fsp3) is 0.708. The van der Waals surface area contributed by atoms with Crippen molar-refractivity contribution in [2.45, 2.75) is 72.1 Å². The molecule has 2 amide bonds. The van der Waals surface area contributed by atoms with Crippen molar-refractivity contribution in [2.24, 2.45) is 16.7 Å². The van der Waals surface area contributed by atoms with Crippen molar-refractivity contribution >= 4 is 29.4 Å². The third-order valence-electron chi connectivity index (χ3n) is 5.87. The van der Waals surface area contributed by atoms with Crippen LogP contribution in [0.5, 0.6) is 0 Å². The molecule has 0 radical (unpaired) electrons. The average Bonchev–Trinajstić information content (AvgIpc) is 3.22. The highest BCUT2D eigenvalue weighted by atomic mass is 35.5. The number of carbonyl (C=O) groups excluding carboxylic acids is 3. The molecule has 2 unspecified atom stereocenters. The van der Waals surface area contributed by atoms with Crippen LogP contribution in [0.15, 0.2) is 23.3 Å². The maximum Gasteiger partial charge on any atom is 0.407 e. The summed E-state index contributed by atoms with van der Waals surface area (Å²) in [4.78, 5) is 38.7. The summed E-state index contributed by atoms with van der Waals surface area (Å²) in [5.41, 5.74) is -2.52. The number of allylic oxidation sites excluding steroid dienone is 2. The molecule has 9 heteroatoms. The van der Waals surface area contributed by atoms with Gasteiger partial charge in [-0.3, -0.25) is 9.59 Å². The van der Waals surface area contributed by atoms with Gasteiger partial charge in [0, 0.05) is 24.0 Å². The van der Waals surface area contributed by atoms with Crippen LogP contribution in [0.25, 0.3) is 0 Å². The standard InChI is InChI=1S/C24H38ClN3O5/c1-22(2,3)19(30)20(31)28-14-24(18(29)17-8-7-11-26-17)12-16(25)10-9-15(24)13-27-21(32)33-23(4,5)6/h9-10,12,15,17,19,26,30H,7-8,11,13-14H2,1-6H3,(H,27,32)(H,28,31)/t15?,17-,19-,24?/m0/s1. The summed E-state index contributed by atoms with van der Waals surface area (Å²) in [5, 5.41) is 19.5. The molecule has 1 heterocycles. The van der Waals surface area contributed by atoms with Crippen molar-refractivity contribution in [3.05, 3.63) is 23.3 Å². The van der Waals surface area contributed by atoms with E-state index >= 15 is 0 Å². The van der Waals surface area contributed by atoms with E-state index in [0.717, 1.165) is 13.0 Å². The molecule has 8 nitrogen and oxygen atoms in total. The first-order valence-corrected chi connectivity index (χ1v) is 11.8. The van der Waals surface area contributed by atoms with Crippen LogP contribution < -0.4 is 16.0 Å². The molecular weight excluding hydrogens is 446 g/mol. The number of nitrogens with one attached hydrogen (secondary N) is 3. The van der Waals surface area contributed by atoms with Gasteiger partial charge in [-0.1, -0.05) is 38.4 Å². The minimum atomic E-state index is -1.24. The number of amides is 2. The molecular formula is C24H38ClN3O5. The van der Waals surface area contributed by atoms with Gasteiger partial charge in [-0.15, -0.1) is 0 Å². The second-order valence-corrected chi connectivity index (χ2v) is 11.4. The molecule has 0 bridgehead atoms. The molecule has 1 aliphatic heterocycles. The van der Waals surface area contributed by atoms with Crippen molar-refractivity contribution in [1.82, 2.24) is 16.0 Å². The fourth-order valence-corrected chi connectivity index (χ4v) is 4.29. The number of alkyl carbamates (subject to hydrolysis) is 1. The van der Waals surface area contributed by atoms with Crippen LogP contribution in [0.2, 0.25) is 0 Å². The van der Waals surface area contributed by atoms with Crippen molar-refractivity contribution < 1.29 is 24.2 Å². The summed E-state index contributed by atoms with van der Waals surface area (Å²) in [7, 11) is 0. The summed E-state index contributed by atoms with van der Waals surface area (Å²) >= 11 is 6.34. The zero-order valence-corrected chi connectivity index (χ0v) is 21.2. The lowest BCUT2D eigenvalue weighted by atomic mass is 9.67. The van der Waals surface area contributed by atoms with Gasteiger partial charge in [-0.05, 0) is 57.7 Å². The fourth-order valence-electron chi connectivity index (χ4n) is 4.02. The summed E-state index contributed by atoms with van der Waals surface area (Å²) in [6, 6.07) is -0.384. The van der Waals surface area contributed by atoms with Gasteiger partial charge in [0.1, 0.15) is 11.7 Å². The predicted octanol–water partition coefficient (Wildman–Crippen LogP) is 2.65. The SMILES string of the molecule is CC(C)(C)OC(=O)NCC1C=CC(Cl)=CC1(CNC(=O)[C@H](O)C(C)(C)C)C(=O)[C@@H]1CCCN1. The number of aliphatic hydroxyl groups is 1. The van der Waals surface area contributed by atoms with Crippen LogP contribution in [0, 0.1) is 16.7 Å². The molecule has 0 saturated carbocycles. The Morgan fingerprint density at radius 3 is 2.45 bits per heavy atom. The lowest BCUT2D eigenvalue weighted by Gasteiger charge is -2.40. The number of hydrogen-bond donors (Lipinski definition) is 4. The van der Waals surface area contributed by atoms with Gasteiger partial charge < -0.3 is 25.8 Å². The first kappa shape index (κ1) is 27.3. The van der Waals surface area contributed by atoms with Gasteiger partial charge in [0.15, 0.2) is 5.78 Å². The Kier molecular flexibility index (Phi) is 8.76.